The van der Waals surface area contributed by atoms with E-state index in [4.69, 9.17) is 4.42 Å². The van der Waals surface area contributed by atoms with Gasteiger partial charge in [0, 0.05) is 12.1 Å². The van der Waals surface area contributed by atoms with Crippen LogP contribution in [0, 0.1) is 13.8 Å². The van der Waals surface area contributed by atoms with Crippen LogP contribution in [-0.4, -0.2) is 12.5 Å². The van der Waals surface area contributed by atoms with Crippen molar-refractivity contribution in [1.29, 1.82) is 0 Å². The number of benzene rings is 1. The van der Waals surface area contributed by atoms with Crippen LogP contribution in [0.2, 0.25) is 0 Å². The molecule has 4 heteroatoms. The minimum Gasteiger partial charge on any atom is -0.466 e. The number of nitrogens with one attached hydrogen (secondary N) is 2. The van der Waals surface area contributed by atoms with Gasteiger partial charge in [-0.3, -0.25) is 4.99 Å². The van der Waals surface area contributed by atoms with Gasteiger partial charge in [-0.1, -0.05) is 30.3 Å². The van der Waals surface area contributed by atoms with Gasteiger partial charge in [0.15, 0.2) is 5.96 Å². The Hall–Kier alpha value is -2.23. The summed E-state index contributed by atoms with van der Waals surface area (Å²) in [4.78, 5) is 4.51. The third kappa shape index (κ3) is 2.69. The molecule has 0 spiro atoms. The average Bonchev–Trinajstić information content (AvgIpc) is 3.04. The third-order valence-corrected chi connectivity index (χ3v) is 3.53. The molecule has 20 heavy (non-hydrogen) atoms. The number of guanidine groups is 1. The van der Waals surface area contributed by atoms with E-state index < -0.39 is 0 Å². The zero-order chi connectivity index (χ0) is 13.9. The maximum absolute atomic E-state index is 5.52. The molecule has 0 amide bonds. The molecule has 1 atom stereocenters. The molecule has 0 fully saturated rings. The fourth-order valence-corrected chi connectivity index (χ4v) is 2.46. The molecule has 4 nitrogen and oxygen atoms in total. The number of aryl methyl sites for hydroxylation is 2. The summed E-state index contributed by atoms with van der Waals surface area (Å²) in [5.74, 6) is 2.77. The van der Waals surface area contributed by atoms with Gasteiger partial charge in [-0.2, -0.15) is 0 Å². The van der Waals surface area contributed by atoms with Crippen LogP contribution in [0.25, 0.3) is 0 Å². The van der Waals surface area contributed by atoms with Crippen molar-refractivity contribution >= 4 is 5.96 Å². The number of rotatable bonds is 3. The number of furan rings is 1. The predicted octanol–water partition coefficient (Wildman–Crippen LogP) is 2.69. The van der Waals surface area contributed by atoms with E-state index in [1.807, 2.05) is 19.9 Å². The van der Waals surface area contributed by atoms with Crippen molar-refractivity contribution in [3.8, 4) is 0 Å². The van der Waals surface area contributed by atoms with Crippen LogP contribution in [-0.2, 0) is 6.54 Å². The van der Waals surface area contributed by atoms with Crippen molar-refractivity contribution in [2.24, 2.45) is 4.99 Å². The molecule has 2 N–H and O–H groups in total. The zero-order valence-electron chi connectivity index (χ0n) is 11.8. The second-order valence-electron chi connectivity index (χ2n) is 5.09. The van der Waals surface area contributed by atoms with E-state index in [0.29, 0.717) is 0 Å². The van der Waals surface area contributed by atoms with Crippen LogP contribution in [0.1, 0.15) is 28.7 Å². The highest BCUT2D eigenvalue weighted by Crippen LogP contribution is 2.17. The molecular formula is C16H19N3O. The smallest absolute Gasteiger partial charge is 0.192 e. The molecule has 0 aliphatic carbocycles. The summed E-state index contributed by atoms with van der Waals surface area (Å²) in [5.41, 5.74) is 2.44. The zero-order valence-corrected chi connectivity index (χ0v) is 11.8. The van der Waals surface area contributed by atoms with Crippen molar-refractivity contribution in [2.75, 3.05) is 6.54 Å². The lowest BCUT2D eigenvalue weighted by molar-refractivity contribution is 0.500. The monoisotopic (exact) mass is 269 g/mol. The maximum Gasteiger partial charge on any atom is 0.192 e. The van der Waals surface area contributed by atoms with E-state index in [0.717, 1.165) is 30.6 Å². The van der Waals surface area contributed by atoms with Gasteiger partial charge in [0.1, 0.15) is 11.5 Å². The van der Waals surface area contributed by atoms with Gasteiger partial charge in [0.05, 0.1) is 12.6 Å². The molecule has 1 aromatic carbocycles. The Labute approximate surface area is 118 Å². The topological polar surface area (TPSA) is 49.6 Å². The van der Waals surface area contributed by atoms with E-state index in [2.05, 4.69) is 46.0 Å². The molecule has 0 saturated heterocycles. The van der Waals surface area contributed by atoms with Gasteiger partial charge >= 0.3 is 0 Å². The van der Waals surface area contributed by atoms with Gasteiger partial charge in [-0.25, -0.2) is 0 Å². The fraction of sp³-hybridized carbons (Fsp3) is 0.312. The first-order chi connectivity index (χ1) is 9.72. The summed E-state index contributed by atoms with van der Waals surface area (Å²) in [6, 6.07) is 12.7. The number of hydrogen-bond acceptors (Lipinski definition) is 4. The Kier molecular flexibility index (Phi) is 3.46. The van der Waals surface area contributed by atoms with Crippen molar-refractivity contribution in [2.45, 2.75) is 26.4 Å². The molecule has 1 aliphatic heterocycles. The second-order valence-corrected chi connectivity index (χ2v) is 5.09. The van der Waals surface area contributed by atoms with E-state index >= 15 is 0 Å². The molecule has 0 saturated carbocycles. The van der Waals surface area contributed by atoms with Gasteiger partial charge < -0.3 is 15.1 Å². The summed E-state index contributed by atoms with van der Waals surface area (Å²) in [6.07, 6.45) is 0. The second kappa shape index (κ2) is 5.41. The highest BCUT2D eigenvalue weighted by Gasteiger charge is 2.18. The summed E-state index contributed by atoms with van der Waals surface area (Å²) in [6.45, 7) is 5.46. The SMILES string of the molecule is Cc1cc(CNC2=NCC(c3ccccc3)N2)c(C)o1. The van der Waals surface area contributed by atoms with Crippen LogP contribution in [0.3, 0.4) is 0 Å². The molecule has 3 rings (SSSR count). The van der Waals surface area contributed by atoms with E-state index in [9.17, 15) is 0 Å². The van der Waals surface area contributed by atoms with Gasteiger partial charge in [0.2, 0.25) is 0 Å². The van der Waals surface area contributed by atoms with E-state index in [-0.39, 0.29) is 6.04 Å². The number of hydrogen-bond donors (Lipinski definition) is 2. The van der Waals surface area contributed by atoms with Crippen LogP contribution in [0.15, 0.2) is 45.8 Å². The Morgan fingerprint density at radius 1 is 1.30 bits per heavy atom. The molecule has 1 aliphatic rings. The van der Waals surface area contributed by atoms with Crippen LogP contribution in [0.5, 0.6) is 0 Å². The molecule has 0 radical (unpaired) electrons. The molecule has 2 heterocycles. The number of nitrogens with zero attached hydrogens (tertiary/aromatic N) is 1. The van der Waals surface area contributed by atoms with Crippen molar-refractivity contribution in [3.05, 3.63) is 59.0 Å². The molecule has 1 unspecified atom stereocenters. The summed E-state index contributed by atoms with van der Waals surface area (Å²) in [5, 5.41) is 6.74. The molecule has 1 aromatic heterocycles. The number of aliphatic imine (C=N–C) groups is 1. The quantitative estimate of drug-likeness (QED) is 0.900. The molecule has 104 valence electrons. The van der Waals surface area contributed by atoms with Crippen molar-refractivity contribution < 1.29 is 4.42 Å². The molecule has 2 aromatic rings. The predicted molar refractivity (Wildman–Crippen MR) is 79.6 cm³/mol. The van der Waals surface area contributed by atoms with E-state index in [1.165, 1.54) is 11.1 Å². The van der Waals surface area contributed by atoms with Crippen molar-refractivity contribution in [3.63, 3.8) is 0 Å². The average molecular weight is 269 g/mol. The van der Waals surface area contributed by atoms with E-state index in [1.54, 1.807) is 0 Å². The Balaban J connectivity index is 1.57. The van der Waals surface area contributed by atoms with Crippen LogP contribution < -0.4 is 10.6 Å². The Bertz CT molecular complexity index is 616. The first-order valence-corrected chi connectivity index (χ1v) is 6.88. The summed E-state index contributed by atoms with van der Waals surface area (Å²) in [7, 11) is 0. The lowest BCUT2D eigenvalue weighted by Gasteiger charge is -2.12. The Morgan fingerprint density at radius 3 is 2.80 bits per heavy atom. The summed E-state index contributed by atoms with van der Waals surface area (Å²) >= 11 is 0. The highest BCUT2D eigenvalue weighted by molar-refractivity contribution is 5.82. The first kappa shape index (κ1) is 12.8. The third-order valence-electron chi connectivity index (χ3n) is 3.53. The Morgan fingerprint density at radius 2 is 2.10 bits per heavy atom. The first-order valence-electron chi connectivity index (χ1n) is 6.88. The lowest BCUT2D eigenvalue weighted by atomic mass is 10.1. The molecule has 0 bridgehead atoms. The van der Waals surface area contributed by atoms with Gasteiger partial charge in [0.25, 0.3) is 0 Å². The fourth-order valence-electron chi connectivity index (χ4n) is 2.46. The maximum atomic E-state index is 5.52. The minimum atomic E-state index is 0.269. The largest absolute Gasteiger partial charge is 0.466 e. The van der Waals surface area contributed by atoms with Crippen molar-refractivity contribution in [1.82, 2.24) is 10.6 Å². The minimum absolute atomic E-state index is 0.269. The molecular weight excluding hydrogens is 250 g/mol. The normalized spacial score (nSPS) is 17.7. The highest BCUT2D eigenvalue weighted by atomic mass is 16.3. The summed E-state index contributed by atoms with van der Waals surface area (Å²) < 4.78 is 5.52. The van der Waals surface area contributed by atoms with Gasteiger partial charge in [-0.05, 0) is 25.5 Å². The lowest BCUT2D eigenvalue weighted by Crippen LogP contribution is -2.34. The van der Waals surface area contributed by atoms with Crippen LogP contribution >= 0.6 is 0 Å². The van der Waals surface area contributed by atoms with Crippen LogP contribution in [0.4, 0.5) is 0 Å². The standard InChI is InChI=1S/C16H19N3O/c1-11-8-14(12(2)20-11)9-17-16-18-10-15(19-16)13-6-4-3-5-7-13/h3-8,15H,9-10H2,1-2H3,(H2,17,18,19). The van der Waals surface area contributed by atoms with Gasteiger partial charge in [-0.15, -0.1) is 0 Å².